The lowest BCUT2D eigenvalue weighted by Gasteiger charge is -2.08. The molecule has 2 N–H and O–H groups in total. The second-order valence-electron chi connectivity index (χ2n) is 6.52. The van der Waals surface area contributed by atoms with Crippen LogP contribution < -0.4 is 10.9 Å². The number of nitrogens with one attached hydrogen (secondary N) is 2. The number of hydrogen-bond acceptors (Lipinski definition) is 7. The van der Waals surface area contributed by atoms with E-state index in [1.54, 1.807) is 26.0 Å². The van der Waals surface area contributed by atoms with Crippen molar-refractivity contribution < 1.29 is 18.7 Å². The summed E-state index contributed by atoms with van der Waals surface area (Å²) in [6.07, 6.45) is 0. The van der Waals surface area contributed by atoms with Gasteiger partial charge in [0.1, 0.15) is 5.82 Å². The molecule has 2 heterocycles. The molecular formula is C20H19FN4O4S. The molecule has 0 aliphatic heterocycles. The highest BCUT2D eigenvalue weighted by atomic mass is 32.2. The van der Waals surface area contributed by atoms with Crippen LogP contribution in [0.3, 0.4) is 0 Å². The van der Waals surface area contributed by atoms with Gasteiger partial charge in [-0.2, -0.15) is 0 Å². The molecule has 0 unspecified atom stereocenters. The van der Waals surface area contributed by atoms with Gasteiger partial charge in [-0.25, -0.2) is 19.2 Å². The maximum atomic E-state index is 13.6. The fraction of sp³-hybridized carbons (Fsp3) is 0.250. The Morgan fingerprint density at radius 3 is 2.70 bits per heavy atom. The first-order valence-corrected chi connectivity index (χ1v) is 9.91. The summed E-state index contributed by atoms with van der Waals surface area (Å²) in [4.78, 5) is 47.5. The predicted octanol–water partition coefficient (Wildman–Crippen LogP) is 2.27. The van der Waals surface area contributed by atoms with Gasteiger partial charge in [-0.05, 0) is 37.1 Å². The molecule has 0 fully saturated rings. The monoisotopic (exact) mass is 430 g/mol. The maximum Gasteiger partial charge on any atom is 0.338 e. The lowest BCUT2D eigenvalue weighted by atomic mass is 10.1. The molecule has 0 spiro atoms. The molecule has 30 heavy (non-hydrogen) atoms. The van der Waals surface area contributed by atoms with Gasteiger partial charge in [0.15, 0.2) is 10.8 Å². The number of thioether (sulfide) groups is 1. The molecule has 1 aromatic carbocycles. The minimum absolute atomic E-state index is 0.0154. The quantitative estimate of drug-likeness (QED) is 0.350. The number of carbonyl (C=O) groups is 2. The van der Waals surface area contributed by atoms with Gasteiger partial charge in [0.25, 0.3) is 5.56 Å². The number of aryl methyl sites for hydroxylation is 2. The Hall–Kier alpha value is -3.27. The van der Waals surface area contributed by atoms with Gasteiger partial charge in [-0.1, -0.05) is 23.9 Å². The van der Waals surface area contributed by atoms with Crippen LogP contribution in [0.15, 0.2) is 34.2 Å². The topological polar surface area (TPSA) is 114 Å². The highest BCUT2D eigenvalue weighted by molar-refractivity contribution is 7.99. The summed E-state index contributed by atoms with van der Waals surface area (Å²) in [6, 6.07) is 6.21. The van der Waals surface area contributed by atoms with Crippen LogP contribution in [0, 0.1) is 19.7 Å². The number of ether oxygens (including phenoxy) is 1. The highest BCUT2D eigenvalue weighted by Gasteiger charge is 2.18. The van der Waals surface area contributed by atoms with E-state index in [9.17, 15) is 18.8 Å². The smallest absolute Gasteiger partial charge is 0.338 e. The van der Waals surface area contributed by atoms with Crippen LogP contribution in [0.2, 0.25) is 0 Å². The summed E-state index contributed by atoms with van der Waals surface area (Å²) >= 11 is 1.02. The van der Waals surface area contributed by atoms with E-state index in [-0.39, 0.29) is 45.8 Å². The molecule has 0 aliphatic rings. The van der Waals surface area contributed by atoms with Gasteiger partial charge < -0.3 is 15.0 Å². The number of amides is 1. The third kappa shape index (κ3) is 4.82. The Bertz CT molecular complexity index is 1200. The van der Waals surface area contributed by atoms with E-state index in [0.717, 1.165) is 11.8 Å². The van der Waals surface area contributed by atoms with Crippen LogP contribution in [0.1, 0.15) is 27.2 Å². The Labute approximate surface area is 175 Å². The zero-order chi connectivity index (χ0) is 21.8. The number of carbonyl (C=O) groups excluding carboxylic acids is 2. The first-order valence-electron chi connectivity index (χ1n) is 8.93. The van der Waals surface area contributed by atoms with Crippen molar-refractivity contribution in [2.45, 2.75) is 25.5 Å². The van der Waals surface area contributed by atoms with Crippen molar-refractivity contribution in [2.24, 2.45) is 0 Å². The number of H-pyrrole nitrogens is 1. The molecule has 3 rings (SSSR count). The molecule has 0 saturated heterocycles. The Kier molecular flexibility index (Phi) is 6.46. The standard InChI is InChI=1S/C20H19FN4O4S/c1-10-4-5-12(7-14(10)21)8-22-15(26)9-30-20-24-17-16(18(27)25-20)13(19(28)29-3)6-11(2)23-17/h4-7H,8-9H2,1-3H3,(H,22,26)(H,23,24,25,27). The summed E-state index contributed by atoms with van der Waals surface area (Å²) in [7, 11) is 1.22. The molecule has 2 aromatic heterocycles. The first kappa shape index (κ1) is 21.4. The van der Waals surface area contributed by atoms with Gasteiger partial charge in [0.2, 0.25) is 5.91 Å². The van der Waals surface area contributed by atoms with E-state index in [1.807, 2.05) is 0 Å². The summed E-state index contributed by atoms with van der Waals surface area (Å²) in [6.45, 7) is 3.51. The minimum Gasteiger partial charge on any atom is -0.465 e. The van der Waals surface area contributed by atoms with Crippen molar-refractivity contribution in [3.05, 3.63) is 62.8 Å². The molecule has 0 bridgehead atoms. The molecule has 3 aromatic rings. The average Bonchev–Trinajstić information content (AvgIpc) is 2.71. The zero-order valence-electron chi connectivity index (χ0n) is 16.5. The Morgan fingerprint density at radius 2 is 2.00 bits per heavy atom. The van der Waals surface area contributed by atoms with Crippen LogP contribution in [0.4, 0.5) is 4.39 Å². The van der Waals surface area contributed by atoms with E-state index in [4.69, 9.17) is 4.74 Å². The van der Waals surface area contributed by atoms with Crippen LogP contribution in [0.5, 0.6) is 0 Å². The lowest BCUT2D eigenvalue weighted by Crippen LogP contribution is -2.25. The first-order chi connectivity index (χ1) is 14.3. The largest absolute Gasteiger partial charge is 0.465 e. The van der Waals surface area contributed by atoms with Gasteiger partial charge in [-0.3, -0.25) is 9.59 Å². The molecule has 0 aliphatic carbocycles. The number of aromatic amines is 1. The fourth-order valence-corrected chi connectivity index (χ4v) is 3.40. The number of methoxy groups -OCH3 is 1. The number of benzene rings is 1. The third-order valence-corrected chi connectivity index (χ3v) is 5.13. The van der Waals surface area contributed by atoms with Crippen LogP contribution in [-0.4, -0.2) is 39.7 Å². The van der Waals surface area contributed by atoms with Crippen molar-refractivity contribution in [2.75, 3.05) is 12.9 Å². The molecule has 8 nitrogen and oxygen atoms in total. The SMILES string of the molecule is COC(=O)c1cc(C)nc2nc(SCC(=O)NCc3ccc(C)c(F)c3)[nH]c(=O)c12. The van der Waals surface area contributed by atoms with E-state index in [2.05, 4.69) is 20.3 Å². The number of fused-ring (bicyclic) bond motifs is 1. The number of nitrogens with zero attached hydrogens (tertiary/aromatic N) is 2. The Balaban J connectivity index is 1.71. The summed E-state index contributed by atoms with van der Waals surface area (Å²) in [5.74, 6) is -1.32. The second-order valence-corrected chi connectivity index (χ2v) is 7.49. The number of halogens is 1. The van der Waals surface area contributed by atoms with E-state index in [1.165, 1.54) is 19.2 Å². The van der Waals surface area contributed by atoms with E-state index >= 15 is 0 Å². The Morgan fingerprint density at radius 1 is 1.23 bits per heavy atom. The summed E-state index contributed by atoms with van der Waals surface area (Å²) < 4.78 is 18.3. The number of pyridine rings is 1. The molecule has 10 heteroatoms. The van der Waals surface area contributed by atoms with Crippen molar-refractivity contribution in [3.63, 3.8) is 0 Å². The number of hydrogen-bond donors (Lipinski definition) is 2. The van der Waals surface area contributed by atoms with Crippen LogP contribution >= 0.6 is 11.8 Å². The fourth-order valence-electron chi connectivity index (χ4n) is 2.72. The number of rotatable bonds is 6. The average molecular weight is 430 g/mol. The van der Waals surface area contributed by atoms with Gasteiger partial charge in [0.05, 0.1) is 23.8 Å². The summed E-state index contributed by atoms with van der Waals surface area (Å²) in [5, 5.41) is 2.91. The zero-order valence-corrected chi connectivity index (χ0v) is 17.4. The normalized spacial score (nSPS) is 10.8. The van der Waals surface area contributed by atoms with Crippen LogP contribution in [-0.2, 0) is 16.1 Å². The van der Waals surface area contributed by atoms with E-state index < -0.39 is 11.5 Å². The molecule has 156 valence electrons. The molecule has 1 amide bonds. The number of esters is 1. The van der Waals surface area contributed by atoms with Crippen molar-refractivity contribution in [3.8, 4) is 0 Å². The third-order valence-electron chi connectivity index (χ3n) is 4.25. The van der Waals surface area contributed by atoms with Gasteiger partial charge in [0, 0.05) is 12.2 Å². The second kappa shape index (κ2) is 9.04. The van der Waals surface area contributed by atoms with Gasteiger partial charge in [-0.15, -0.1) is 0 Å². The molecule has 0 atom stereocenters. The maximum absolute atomic E-state index is 13.6. The minimum atomic E-state index is -0.662. The van der Waals surface area contributed by atoms with Gasteiger partial charge >= 0.3 is 5.97 Å². The van der Waals surface area contributed by atoms with Crippen molar-refractivity contribution in [1.29, 1.82) is 0 Å². The lowest BCUT2D eigenvalue weighted by molar-refractivity contribution is -0.118. The van der Waals surface area contributed by atoms with Crippen molar-refractivity contribution >= 4 is 34.7 Å². The van der Waals surface area contributed by atoms with Crippen molar-refractivity contribution in [1.82, 2.24) is 20.3 Å². The predicted molar refractivity (Wildman–Crippen MR) is 110 cm³/mol. The number of aromatic nitrogens is 3. The summed E-state index contributed by atoms with van der Waals surface area (Å²) in [5.41, 5.74) is 1.30. The van der Waals surface area contributed by atoms with Crippen LogP contribution in [0.25, 0.3) is 11.0 Å². The molecular weight excluding hydrogens is 411 g/mol. The molecule has 0 radical (unpaired) electrons. The molecule has 0 saturated carbocycles. The van der Waals surface area contributed by atoms with E-state index in [0.29, 0.717) is 16.8 Å². The highest BCUT2D eigenvalue weighted by Crippen LogP contribution is 2.18.